The Kier molecular flexibility index (Phi) is 8.54. The fourth-order valence-corrected chi connectivity index (χ4v) is 10.9. The van der Waals surface area contributed by atoms with Crippen molar-refractivity contribution in [3.8, 4) is 50.4 Å². The molecule has 0 saturated heterocycles. The summed E-state index contributed by atoms with van der Waals surface area (Å²) >= 11 is 0. The molecule has 0 amide bonds. The molecule has 64 heavy (non-hydrogen) atoms. The SMILES string of the molecule is CCC(C)(C)c1ccc(N2c3cccc4c3N3C2c2cc(C(C)(C)C)cc(C(C)(C)C)c2OC32c3c-4cc(C(C)(C)C)cc3-c3cc(-c4ccccc4)cc[n+]32)c(-c2ccccc2)c1. The molecule has 4 heteroatoms. The van der Waals surface area contributed by atoms with E-state index in [0.29, 0.717) is 0 Å². The van der Waals surface area contributed by atoms with Gasteiger partial charge in [0.15, 0.2) is 6.20 Å². The predicted molar refractivity (Wildman–Crippen MR) is 266 cm³/mol. The molecular weight excluding hydrogens is 779 g/mol. The summed E-state index contributed by atoms with van der Waals surface area (Å²) in [5.74, 6) is -0.0427. The van der Waals surface area contributed by atoms with Gasteiger partial charge in [-0.15, -0.1) is 4.57 Å². The number of fused-ring (bicyclic) bond motifs is 5. The Morgan fingerprint density at radius 2 is 1.19 bits per heavy atom. The van der Waals surface area contributed by atoms with Gasteiger partial charge in [-0.1, -0.05) is 168 Å². The van der Waals surface area contributed by atoms with E-state index < -0.39 is 5.85 Å². The number of nitrogens with zero attached hydrogens (tertiary/aromatic N) is 3. The van der Waals surface area contributed by atoms with Crippen LogP contribution in [0.2, 0.25) is 0 Å². The molecule has 7 aromatic rings. The maximum absolute atomic E-state index is 8.17. The van der Waals surface area contributed by atoms with Gasteiger partial charge in [-0.2, -0.15) is 0 Å². The van der Waals surface area contributed by atoms with Crippen LogP contribution in [0.1, 0.15) is 129 Å². The van der Waals surface area contributed by atoms with Gasteiger partial charge in [0.25, 0.3) is 0 Å². The van der Waals surface area contributed by atoms with E-state index in [2.05, 4.69) is 237 Å². The second-order valence-corrected chi connectivity index (χ2v) is 22.5. The highest BCUT2D eigenvalue weighted by Gasteiger charge is 2.70. The molecule has 2 unspecified atom stereocenters. The predicted octanol–water partition coefficient (Wildman–Crippen LogP) is 15.3. The van der Waals surface area contributed by atoms with Crippen LogP contribution in [0.4, 0.5) is 17.1 Å². The maximum atomic E-state index is 8.17. The van der Waals surface area contributed by atoms with Crippen LogP contribution in [0, 0.1) is 0 Å². The molecule has 5 heterocycles. The van der Waals surface area contributed by atoms with E-state index in [4.69, 9.17) is 4.74 Å². The number of benzene rings is 6. The molecule has 0 saturated carbocycles. The Hall–Kier alpha value is -6.13. The molecule has 1 aromatic heterocycles. The number of rotatable bonds is 5. The van der Waals surface area contributed by atoms with Crippen LogP contribution in [0.15, 0.2) is 140 Å². The number of pyridine rings is 1. The largest absolute Gasteiger partial charge is 0.432 e. The second-order valence-electron chi connectivity index (χ2n) is 22.5. The van der Waals surface area contributed by atoms with Crippen LogP contribution in [0.5, 0.6) is 5.75 Å². The van der Waals surface area contributed by atoms with Gasteiger partial charge in [0, 0.05) is 39.9 Å². The molecule has 0 aliphatic carbocycles. The fourth-order valence-electron chi connectivity index (χ4n) is 10.9. The highest BCUT2D eigenvalue weighted by atomic mass is 16.5. The topological polar surface area (TPSA) is 19.6 Å². The van der Waals surface area contributed by atoms with E-state index in [9.17, 15) is 0 Å². The molecule has 0 bridgehead atoms. The van der Waals surface area contributed by atoms with Crippen molar-refractivity contribution in [2.75, 3.05) is 9.80 Å². The number of hydrogen-bond acceptors (Lipinski definition) is 3. The third kappa shape index (κ3) is 5.69. The van der Waals surface area contributed by atoms with Crippen molar-refractivity contribution in [1.82, 2.24) is 0 Å². The summed E-state index contributed by atoms with van der Waals surface area (Å²) < 4.78 is 10.7. The van der Waals surface area contributed by atoms with E-state index in [-0.39, 0.29) is 27.8 Å². The Morgan fingerprint density at radius 3 is 1.84 bits per heavy atom. The summed E-state index contributed by atoms with van der Waals surface area (Å²) in [6.07, 6.45) is 3.12. The average Bonchev–Trinajstić information content (AvgIpc) is 3.76. The number of aromatic nitrogens is 1. The van der Waals surface area contributed by atoms with Crippen molar-refractivity contribution in [2.24, 2.45) is 0 Å². The van der Waals surface area contributed by atoms with Crippen LogP contribution in [-0.4, -0.2) is 0 Å². The van der Waals surface area contributed by atoms with Gasteiger partial charge in [-0.25, -0.2) is 4.90 Å². The van der Waals surface area contributed by atoms with E-state index in [0.717, 1.165) is 12.2 Å². The average molecular weight is 841 g/mol. The van der Waals surface area contributed by atoms with E-state index >= 15 is 0 Å². The van der Waals surface area contributed by atoms with Crippen LogP contribution in [-0.2, 0) is 27.5 Å². The summed E-state index contributed by atoms with van der Waals surface area (Å²) in [5, 5.41) is 0. The van der Waals surface area contributed by atoms with Crippen LogP contribution >= 0.6 is 0 Å². The van der Waals surface area contributed by atoms with Gasteiger partial charge in [0.1, 0.15) is 17.5 Å². The number of para-hydroxylation sites is 1. The molecule has 4 aliphatic rings. The second kappa shape index (κ2) is 13.5. The zero-order chi connectivity index (χ0) is 44.9. The van der Waals surface area contributed by atoms with Gasteiger partial charge in [-0.3, -0.25) is 0 Å². The van der Waals surface area contributed by atoms with E-state index in [1.54, 1.807) is 0 Å². The lowest BCUT2D eigenvalue weighted by atomic mass is 9.77. The van der Waals surface area contributed by atoms with Gasteiger partial charge in [-0.05, 0) is 97.9 Å². The smallest absolute Gasteiger partial charge is 0.410 e. The number of hydrogen-bond donors (Lipinski definition) is 0. The molecule has 0 radical (unpaired) electrons. The molecule has 4 nitrogen and oxygen atoms in total. The highest BCUT2D eigenvalue weighted by molar-refractivity contribution is 6.03. The summed E-state index contributed by atoms with van der Waals surface area (Å²) in [5.41, 5.74) is 20.6. The molecule has 1 spiro atoms. The molecule has 0 fully saturated rings. The van der Waals surface area contributed by atoms with Crippen molar-refractivity contribution in [1.29, 1.82) is 0 Å². The minimum absolute atomic E-state index is 0.0112. The highest BCUT2D eigenvalue weighted by Crippen LogP contribution is 2.68. The zero-order valence-electron chi connectivity index (χ0n) is 39.8. The summed E-state index contributed by atoms with van der Waals surface area (Å²) in [6, 6.07) is 50.8. The molecule has 0 N–H and O–H groups in total. The number of anilines is 3. The summed E-state index contributed by atoms with van der Waals surface area (Å²) in [4.78, 5) is 5.36. The van der Waals surface area contributed by atoms with Crippen molar-refractivity contribution in [2.45, 2.75) is 123 Å². The Morgan fingerprint density at radius 1 is 0.547 bits per heavy atom. The lowest BCUT2D eigenvalue weighted by Crippen LogP contribution is -2.71. The molecule has 322 valence electrons. The quantitative estimate of drug-likeness (QED) is 0.161. The Balaban J connectivity index is 1.30. The monoisotopic (exact) mass is 840 g/mol. The first kappa shape index (κ1) is 40.6. The molecule has 11 rings (SSSR count). The van der Waals surface area contributed by atoms with Gasteiger partial charge in [0.05, 0.1) is 22.6 Å². The Bertz CT molecular complexity index is 3050. The summed E-state index contributed by atoms with van der Waals surface area (Å²) in [6.45, 7) is 28.1. The third-order valence-electron chi connectivity index (χ3n) is 14.9. The first-order valence-electron chi connectivity index (χ1n) is 23.4. The first-order valence-corrected chi connectivity index (χ1v) is 23.4. The third-order valence-corrected chi connectivity index (χ3v) is 14.9. The maximum Gasteiger partial charge on any atom is 0.432 e. The van der Waals surface area contributed by atoms with Crippen molar-refractivity contribution in [3.63, 3.8) is 0 Å². The minimum Gasteiger partial charge on any atom is -0.410 e. The van der Waals surface area contributed by atoms with Crippen LogP contribution in [0.3, 0.4) is 0 Å². The van der Waals surface area contributed by atoms with Gasteiger partial charge in [0.2, 0.25) is 5.69 Å². The summed E-state index contributed by atoms with van der Waals surface area (Å²) in [7, 11) is 0. The standard InChI is InChI=1S/C60H62N3O/c1-13-59(11,12)40-27-28-49(44(32-40)38-23-18-15-19-24-38)62-50-26-20-25-43-45-33-41(56(2,3)4)34-46-51-31-39(37-21-16-14-17-22-37)29-30-61(51)60(52(45)46)63(53(43)50)55(62)47-35-42(57(5,6)7)36-48(54(47)64-60)58(8,9)10/h14-36,55H,13H2,1-12H3/q+1. The first-order chi connectivity index (χ1) is 30.3. The Labute approximate surface area is 381 Å². The van der Waals surface area contributed by atoms with Crippen LogP contribution < -0.4 is 19.1 Å². The fraction of sp³-hybridized carbons (Fsp3) is 0.317. The normalized spacial score (nSPS) is 18.0. The van der Waals surface area contributed by atoms with Crippen molar-refractivity contribution < 1.29 is 9.30 Å². The van der Waals surface area contributed by atoms with Crippen molar-refractivity contribution >= 4 is 17.1 Å². The number of ether oxygens (including phenoxy) is 1. The lowest BCUT2D eigenvalue weighted by molar-refractivity contribution is -0.774. The molecule has 4 aliphatic heterocycles. The molecular formula is C60H62N3O+. The van der Waals surface area contributed by atoms with Crippen LogP contribution in [0.25, 0.3) is 44.6 Å². The van der Waals surface area contributed by atoms with E-state index in [1.165, 1.54) is 95.1 Å². The molecule has 6 aromatic carbocycles. The van der Waals surface area contributed by atoms with Gasteiger partial charge < -0.3 is 9.64 Å². The molecule has 2 atom stereocenters. The lowest BCUT2D eigenvalue weighted by Gasteiger charge is -2.49. The van der Waals surface area contributed by atoms with Crippen molar-refractivity contribution in [3.05, 3.63) is 173 Å². The van der Waals surface area contributed by atoms with E-state index in [1.807, 2.05) is 0 Å². The zero-order valence-corrected chi connectivity index (χ0v) is 39.8. The minimum atomic E-state index is -1.03. The van der Waals surface area contributed by atoms with Gasteiger partial charge >= 0.3 is 5.85 Å².